The zero-order chi connectivity index (χ0) is 16.1. The van der Waals surface area contributed by atoms with E-state index in [0.29, 0.717) is 13.2 Å². The van der Waals surface area contributed by atoms with Crippen molar-refractivity contribution in [3.05, 3.63) is 18.0 Å². The SMILES string of the molecule is Cn1cc([C@H]2OCCC[C@@H]2NC(=O)COCC2CCCO2)cn1. The van der Waals surface area contributed by atoms with Crippen molar-refractivity contribution < 1.29 is 19.0 Å². The summed E-state index contributed by atoms with van der Waals surface area (Å²) in [5.41, 5.74) is 0.998. The first-order chi connectivity index (χ1) is 11.2. The second kappa shape index (κ2) is 7.90. The van der Waals surface area contributed by atoms with Crippen LogP contribution < -0.4 is 5.32 Å². The summed E-state index contributed by atoms with van der Waals surface area (Å²) in [6.07, 6.45) is 7.67. The summed E-state index contributed by atoms with van der Waals surface area (Å²) < 4.78 is 18.5. The van der Waals surface area contributed by atoms with Gasteiger partial charge in [-0.25, -0.2) is 0 Å². The Morgan fingerprint density at radius 1 is 1.39 bits per heavy atom. The topological polar surface area (TPSA) is 74.6 Å². The van der Waals surface area contributed by atoms with Crippen LogP contribution in [-0.4, -0.2) is 54.3 Å². The standard InChI is InChI=1S/C16H25N3O4/c1-19-9-12(8-17-19)16-14(5-3-7-23-16)18-15(20)11-21-10-13-4-2-6-22-13/h8-9,13-14,16H,2-7,10-11H2,1H3,(H,18,20)/t13?,14-,16+/m0/s1. The van der Waals surface area contributed by atoms with Gasteiger partial charge in [-0.3, -0.25) is 9.48 Å². The molecule has 1 unspecified atom stereocenters. The molecule has 1 aromatic heterocycles. The van der Waals surface area contributed by atoms with Crippen LogP contribution in [0.25, 0.3) is 0 Å². The Kier molecular flexibility index (Phi) is 5.64. The number of hydrogen-bond acceptors (Lipinski definition) is 5. The fourth-order valence-electron chi connectivity index (χ4n) is 3.15. The van der Waals surface area contributed by atoms with Gasteiger partial charge in [-0.15, -0.1) is 0 Å². The molecule has 2 aliphatic rings. The Hall–Kier alpha value is -1.44. The van der Waals surface area contributed by atoms with E-state index in [9.17, 15) is 4.79 Å². The van der Waals surface area contributed by atoms with Crippen molar-refractivity contribution in [2.24, 2.45) is 7.05 Å². The predicted molar refractivity (Wildman–Crippen MR) is 82.9 cm³/mol. The minimum Gasteiger partial charge on any atom is -0.376 e. The van der Waals surface area contributed by atoms with Crippen LogP contribution >= 0.6 is 0 Å². The number of aryl methyl sites for hydroxylation is 1. The largest absolute Gasteiger partial charge is 0.376 e. The molecule has 0 bridgehead atoms. The highest BCUT2D eigenvalue weighted by Crippen LogP contribution is 2.28. The normalized spacial score (nSPS) is 28.0. The molecule has 128 valence electrons. The Morgan fingerprint density at radius 2 is 2.22 bits per heavy atom. The summed E-state index contributed by atoms with van der Waals surface area (Å²) in [5, 5.41) is 7.22. The average molecular weight is 323 g/mol. The molecule has 1 N–H and O–H groups in total. The van der Waals surface area contributed by atoms with Gasteiger partial charge in [0.1, 0.15) is 12.7 Å². The molecule has 2 aliphatic heterocycles. The van der Waals surface area contributed by atoms with Crippen molar-refractivity contribution in [3.8, 4) is 0 Å². The summed E-state index contributed by atoms with van der Waals surface area (Å²) in [4.78, 5) is 12.1. The second-order valence-electron chi connectivity index (χ2n) is 6.21. The quantitative estimate of drug-likeness (QED) is 0.844. The molecule has 0 aliphatic carbocycles. The van der Waals surface area contributed by atoms with Crippen LogP contribution in [0, 0.1) is 0 Å². The number of rotatable bonds is 6. The molecule has 3 rings (SSSR count). The van der Waals surface area contributed by atoms with Gasteiger partial charge in [0.15, 0.2) is 0 Å². The van der Waals surface area contributed by atoms with Crippen LogP contribution in [0.2, 0.25) is 0 Å². The zero-order valence-corrected chi connectivity index (χ0v) is 13.6. The van der Waals surface area contributed by atoms with Crippen LogP contribution in [0.4, 0.5) is 0 Å². The molecule has 3 atom stereocenters. The van der Waals surface area contributed by atoms with Crippen molar-refractivity contribution in [3.63, 3.8) is 0 Å². The minimum absolute atomic E-state index is 0.0354. The van der Waals surface area contributed by atoms with Gasteiger partial charge in [0.2, 0.25) is 5.91 Å². The molecule has 0 saturated carbocycles. The Bertz CT molecular complexity index is 513. The van der Waals surface area contributed by atoms with Gasteiger partial charge >= 0.3 is 0 Å². The monoisotopic (exact) mass is 323 g/mol. The van der Waals surface area contributed by atoms with Gasteiger partial charge in [0.25, 0.3) is 0 Å². The molecule has 3 heterocycles. The number of carbonyl (C=O) groups excluding carboxylic acids is 1. The lowest BCUT2D eigenvalue weighted by atomic mass is 9.98. The molecule has 2 saturated heterocycles. The number of aromatic nitrogens is 2. The fraction of sp³-hybridized carbons (Fsp3) is 0.750. The molecule has 0 radical (unpaired) electrons. The maximum atomic E-state index is 12.1. The molecular formula is C16H25N3O4. The molecule has 0 spiro atoms. The van der Waals surface area contributed by atoms with Crippen molar-refractivity contribution in [2.75, 3.05) is 26.4 Å². The molecule has 1 amide bonds. The average Bonchev–Trinajstić information content (AvgIpc) is 3.19. The Balaban J connectivity index is 1.47. The van der Waals surface area contributed by atoms with Gasteiger partial charge in [0, 0.05) is 32.0 Å². The predicted octanol–water partition coefficient (Wildman–Crippen LogP) is 0.952. The summed E-state index contributed by atoms with van der Waals surface area (Å²) in [5.74, 6) is -0.104. The van der Waals surface area contributed by atoms with Crippen molar-refractivity contribution in [1.29, 1.82) is 0 Å². The lowest BCUT2D eigenvalue weighted by Crippen LogP contribution is -2.44. The Labute approximate surface area is 136 Å². The van der Waals surface area contributed by atoms with Crippen LogP contribution in [0.1, 0.15) is 37.4 Å². The lowest BCUT2D eigenvalue weighted by Gasteiger charge is -2.31. The van der Waals surface area contributed by atoms with Crippen molar-refractivity contribution in [2.45, 2.75) is 43.9 Å². The number of amides is 1. The van der Waals surface area contributed by atoms with Crippen molar-refractivity contribution >= 4 is 5.91 Å². The molecule has 2 fully saturated rings. The van der Waals surface area contributed by atoms with Gasteiger partial charge < -0.3 is 19.5 Å². The first-order valence-electron chi connectivity index (χ1n) is 8.31. The fourth-order valence-corrected chi connectivity index (χ4v) is 3.15. The molecule has 7 nitrogen and oxygen atoms in total. The van der Waals surface area contributed by atoms with E-state index in [1.807, 2.05) is 13.2 Å². The highest BCUT2D eigenvalue weighted by molar-refractivity contribution is 5.77. The van der Waals surface area contributed by atoms with Crippen LogP contribution in [-0.2, 0) is 26.1 Å². The minimum atomic E-state index is -0.139. The highest BCUT2D eigenvalue weighted by Gasteiger charge is 2.29. The first-order valence-corrected chi connectivity index (χ1v) is 8.31. The van der Waals surface area contributed by atoms with Gasteiger partial charge in [-0.2, -0.15) is 5.10 Å². The molecular weight excluding hydrogens is 298 g/mol. The molecule has 1 aromatic rings. The third-order valence-electron chi connectivity index (χ3n) is 4.28. The second-order valence-corrected chi connectivity index (χ2v) is 6.21. The third kappa shape index (κ3) is 4.53. The van der Waals surface area contributed by atoms with Gasteiger partial charge in [-0.1, -0.05) is 0 Å². The van der Waals surface area contributed by atoms with Crippen LogP contribution in [0.15, 0.2) is 12.4 Å². The Morgan fingerprint density at radius 3 is 2.96 bits per heavy atom. The van der Waals surface area contributed by atoms with E-state index in [2.05, 4.69) is 10.4 Å². The molecule has 0 aromatic carbocycles. The maximum absolute atomic E-state index is 12.1. The summed E-state index contributed by atoms with van der Waals surface area (Å²) >= 11 is 0. The number of hydrogen-bond donors (Lipinski definition) is 1. The highest BCUT2D eigenvalue weighted by atomic mass is 16.5. The van der Waals surface area contributed by atoms with Gasteiger partial charge in [0.05, 0.1) is 24.9 Å². The third-order valence-corrected chi connectivity index (χ3v) is 4.28. The summed E-state index contributed by atoms with van der Waals surface area (Å²) in [7, 11) is 1.87. The summed E-state index contributed by atoms with van der Waals surface area (Å²) in [6, 6.07) is -0.0354. The molecule has 7 heteroatoms. The van der Waals surface area contributed by atoms with Gasteiger partial charge in [-0.05, 0) is 25.7 Å². The van der Waals surface area contributed by atoms with Crippen LogP contribution in [0.5, 0.6) is 0 Å². The van der Waals surface area contributed by atoms with E-state index in [4.69, 9.17) is 14.2 Å². The van der Waals surface area contributed by atoms with E-state index in [0.717, 1.165) is 37.9 Å². The lowest BCUT2D eigenvalue weighted by molar-refractivity contribution is -0.129. The maximum Gasteiger partial charge on any atom is 0.246 e. The number of carbonyl (C=O) groups is 1. The van der Waals surface area contributed by atoms with Crippen molar-refractivity contribution in [1.82, 2.24) is 15.1 Å². The van der Waals surface area contributed by atoms with Crippen LogP contribution in [0.3, 0.4) is 0 Å². The number of nitrogens with one attached hydrogen (secondary N) is 1. The van der Waals surface area contributed by atoms with E-state index < -0.39 is 0 Å². The zero-order valence-electron chi connectivity index (χ0n) is 13.6. The first kappa shape index (κ1) is 16.4. The van der Waals surface area contributed by atoms with E-state index in [1.165, 1.54) is 0 Å². The van der Waals surface area contributed by atoms with E-state index >= 15 is 0 Å². The van der Waals surface area contributed by atoms with E-state index in [-0.39, 0.29) is 30.8 Å². The molecule has 23 heavy (non-hydrogen) atoms. The summed E-state index contributed by atoms with van der Waals surface area (Å²) in [6.45, 7) is 2.06. The number of nitrogens with zero attached hydrogens (tertiary/aromatic N) is 2. The number of ether oxygens (including phenoxy) is 3. The smallest absolute Gasteiger partial charge is 0.246 e. The van der Waals surface area contributed by atoms with E-state index in [1.54, 1.807) is 10.9 Å².